The first-order valence-electron chi connectivity index (χ1n) is 16.2. The zero-order chi connectivity index (χ0) is 30.8. The fourth-order valence-electron chi connectivity index (χ4n) is 6.89. The highest BCUT2D eigenvalue weighted by atomic mass is 16.5. The molecule has 0 N–H and O–H groups in total. The highest BCUT2D eigenvalue weighted by Crippen LogP contribution is 2.32. The zero-order valence-corrected chi connectivity index (χ0v) is 25.7. The molecule has 7 rings (SSSR count). The fraction of sp³-hybridized carbons (Fsp3) is 0.351. The molecular formula is C37H38N4O4. The monoisotopic (exact) mass is 602 g/mol. The van der Waals surface area contributed by atoms with E-state index in [1.807, 2.05) is 78.9 Å². The molecule has 0 amide bonds. The van der Waals surface area contributed by atoms with Crippen molar-refractivity contribution >= 4 is 11.0 Å². The second-order valence-corrected chi connectivity index (χ2v) is 12.1. The van der Waals surface area contributed by atoms with E-state index in [1.165, 1.54) is 6.42 Å². The summed E-state index contributed by atoms with van der Waals surface area (Å²) >= 11 is 0. The van der Waals surface area contributed by atoms with Crippen LogP contribution in [0.1, 0.15) is 70.3 Å². The molecule has 230 valence electrons. The van der Waals surface area contributed by atoms with E-state index in [0.717, 1.165) is 57.8 Å². The minimum Gasteiger partial charge on any atom is -0.497 e. The van der Waals surface area contributed by atoms with Crippen molar-refractivity contribution < 1.29 is 9.15 Å². The minimum absolute atomic E-state index is 0.0576. The Balaban J connectivity index is 1.57. The quantitative estimate of drug-likeness (QED) is 0.205. The molecule has 0 saturated heterocycles. The van der Waals surface area contributed by atoms with Crippen LogP contribution in [0, 0.1) is 0 Å². The van der Waals surface area contributed by atoms with Crippen LogP contribution in [0.4, 0.5) is 0 Å². The molecule has 2 aromatic heterocycles. The minimum atomic E-state index is -0.380. The lowest BCUT2D eigenvalue weighted by Crippen LogP contribution is -2.40. The molecule has 45 heavy (non-hydrogen) atoms. The maximum Gasteiger partial charge on any atom is 0.300 e. The van der Waals surface area contributed by atoms with Crippen LogP contribution < -0.4 is 21.5 Å². The van der Waals surface area contributed by atoms with Gasteiger partial charge in [0, 0.05) is 17.3 Å². The van der Waals surface area contributed by atoms with E-state index in [4.69, 9.17) is 19.1 Å². The van der Waals surface area contributed by atoms with Gasteiger partial charge in [0.25, 0.3) is 11.1 Å². The van der Waals surface area contributed by atoms with Crippen molar-refractivity contribution in [3.63, 3.8) is 0 Å². The number of rotatable bonds is 6. The number of nitrogens with zero attached hydrogens (tertiary/aromatic N) is 4. The van der Waals surface area contributed by atoms with Gasteiger partial charge in [0.1, 0.15) is 17.0 Å². The summed E-state index contributed by atoms with van der Waals surface area (Å²) in [6, 6.07) is 24.4. The molecule has 2 saturated carbocycles. The summed E-state index contributed by atoms with van der Waals surface area (Å²) in [4.78, 5) is 39.6. The number of ether oxygens (including phenoxy) is 1. The average Bonchev–Trinajstić information content (AvgIpc) is 3.09. The SMILES string of the molecule is COc1ccc(-c2oc(=NC3CCCCC3)n(C3CCCCC3)c(=O)c2-c2nc3ccccc3n(-c3ccccc3)c2=O)cc1. The topological polar surface area (TPSA) is 91.6 Å². The smallest absolute Gasteiger partial charge is 0.300 e. The first kappa shape index (κ1) is 29.0. The lowest BCUT2D eigenvalue weighted by atomic mass is 9.95. The van der Waals surface area contributed by atoms with Crippen LogP contribution in [-0.4, -0.2) is 27.3 Å². The van der Waals surface area contributed by atoms with Crippen LogP contribution in [0.2, 0.25) is 0 Å². The number of para-hydroxylation sites is 3. The van der Waals surface area contributed by atoms with Gasteiger partial charge >= 0.3 is 5.68 Å². The largest absolute Gasteiger partial charge is 0.497 e. The van der Waals surface area contributed by atoms with Gasteiger partial charge in [-0.15, -0.1) is 0 Å². The Hall–Kier alpha value is -4.72. The van der Waals surface area contributed by atoms with E-state index in [1.54, 1.807) is 16.2 Å². The second-order valence-electron chi connectivity index (χ2n) is 12.1. The number of aromatic nitrogens is 3. The first-order chi connectivity index (χ1) is 22.1. The Labute approximate surface area is 261 Å². The van der Waals surface area contributed by atoms with E-state index >= 15 is 4.79 Å². The van der Waals surface area contributed by atoms with Crippen molar-refractivity contribution in [3.8, 4) is 34.0 Å². The van der Waals surface area contributed by atoms with Crippen molar-refractivity contribution in [1.29, 1.82) is 0 Å². The number of benzene rings is 3. The van der Waals surface area contributed by atoms with Crippen LogP contribution in [0.25, 0.3) is 39.3 Å². The molecule has 0 bridgehead atoms. The van der Waals surface area contributed by atoms with E-state index in [-0.39, 0.29) is 34.5 Å². The van der Waals surface area contributed by atoms with E-state index in [0.29, 0.717) is 39.5 Å². The molecule has 2 aliphatic carbocycles. The van der Waals surface area contributed by atoms with Crippen LogP contribution in [0.3, 0.4) is 0 Å². The average molecular weight is 603 g/mol. The summed E-state index contributed by atoms with van der Waals surface area (Å²) in [5.74, 6) is 0.974. The zero-order valence-electron chi connectivity index (χ0n) is 25.7. The molecule has 0 unspecified atom stereocenters. The van der Waals surface area contributed by atoms with Gasteiger partial charge in [-0.05, 0) is 74.2 Å². The predicted molar refractivity (Wildman–Crippen MR) is 176 cm³/mol. The molecular weight excluding hydrogens is 564 g/mol. The molecule has 3 aromatic carbocycles. The van der Waals surface area contributed by atoms with Crippen molar-refractivity contribution in [3.05, 3.63) is 105 Å². The van der Waals surface area contributed by atoms with Crippen LogP contribution >= 0.6 is 0 Å². The maximum atomic E-state index is 15.0. The van der Waals surface area contributed by atoms with Crippen LogP contribution in [-0.2, 0) is 0 Å². The summed E-state index contributed by atoms with van der Waals surface area (Å²) in [5.41, 5.74) is 2.52. The highest BCUT2D eigenvalue weighted by molar-refractivity contribution is 5.83. The van der Waals surface area contributed by atoms with Crippen molar-refractivity contribution in [1.82, 2.24) is 14.1 Å². The Morgan fingerprint density at radius 3 is 2.16 bits per heavy atom. The Morgan fingerprint density at radius 1 is 0.778 bits per heavy atom. The third-order valence-corrected chi connectivity index (χ3v) is 9.23. The summed E-state index contributed by atoms with van der Waals surface area (Å²) in [6.07, 6.45) is 10.3. The van der Waals surface area contributed by atoms with Gasteiger partial charge in [0.05, 0.1) is 24.2 Å². The van der Waals surface area contributed by atoms with Gasteiger partial charge in [0.15, 0.2) is 5.76 Å². The molecule has 0 aliphatic heterocycles. The molecule has 2 heterocycles. The number of fused-ring (bicyclic) bond motifs is 1. The van der Waals surface area contributed by atoms with Gasteiger partial charge in [0.2, 0.25) is 0 Å². The summed E-state index contributed by atoms with van der Waals surface area (Å²) in [5, 5.41) is 0. The maximum absolute atomic E-state index is 15.0. The second kappa shape index (κ2) is 12.7. The number of methoxy groups -OCH3 is 1. The van der Waals surface area contributed by atoms with Gasteiger partial charge in [-0.3, -0.25) is 18.7 Å². The van der Waals surface area contributed by atoms with Crippen LogP contribution in [0.5, 0.6) is 5.75 Å². The standard InChI is InChI=1S/C37H38N4O4/c1-44-29-23-21-25(22-24-29)34-32(33-36(43)40(27-15-7-3-8-16-27)31-20-12-11-19-30(31)39-33)35(42)41(28-17-9-4-10-18-28)37(45-34)38-26-13-5-2-6-14-26/h3,7-8,11-12,15-16,19-24,26,28H,2,4-6,9-10,13-14,17-18H2,1H3. The van der Waals surface area contributed by atoms with Crippen molar-refractivity contribution in [2.24, 2.45) is 4.99 Å². The normalized spacial score (nSPS) is 16.7. The summed E-state index contributed by atoms with van der Waals surface area (Å²) < 4.78 is 15.6. The lowest BCUT2D eigenvalue weighted by molar-refractivity contribution is 0.289. The summed E-state index contributed by atoms with van der Waals surface area (Å²) in [6.45, 7) is 0. The van der Waals surface area contributed by atoms with Crippen LogP contribution in [0.15, 0.2) is 97.9 Å². The van der Waals surface area contributed by atoms with Crippen molar-refractivity contribution in [2.75, 3.05) is 7.11 Å². The van der Waals surface area contributed by atoms with Crippen molar-refractivity contribution in [2.45, 2.75) is 76.3 Å². The van der Waals surface area contributed by atoms with E-state index < -0.39 is 0 Å². The van der Waals surface area contributed by atoms with Gasteiger partial charge in [-0.1, -0.05) is 68.9 Å². The summed E-state index contributed by atoms with van der Waals surface area (Å²) in [7, 11) is 1.61. The number of hydrogen-bond donors (Lipinski definition) is 0. The lowest BCUT2D eigenvalue weighted by Gasteiger charge is -2.25. The highest BCUT2D eigenvalue weighted by Gasteiger charge is 2.29. The van der Waals surface area contributed by atoms with Gasteiger partial charge < -0.3 is 9.15 Å². The first-order valence-corrected chi connectivity index (χ1v) is 16.2. The Bertz CT molecular complexity index is 2000. The predicted octanol–water partition coefficient (Wildman–Crippen LogP) is 7.22. The van der Waals surface area contributed by atoms with Gasteiger partial charge in [-0.2, -0.15) is 0 Å². The molecule has 0 atom stereocenters. The third kappa shape index (κ3) is 5.65. The Kier molecular flexibility index (Phi) is 8.20. The van der Waals surface area contributed by atoms with E-state index in [9.17, 15) is 4.79 Å². The third-order valence-electron chi connectivity index (χ3n) is 9.23. The fourth-order valence-corrected chi connectivity index (χ4v) is 6.89. The Morgan fingerprint density at radius 2 is 1.44 bits per heavy atom. The number of hydrogen-bond acceptors (Lipinski definition) is 6. The molecule has 2 aliphatic rings. The van der Waals surface area contributed by atoms with Gasteiger partial charge in [-0.25, -0.2) is 9.98 Å². The molecule has 8 heteroatoms. The molecule has 0 spiro atoms. The molecule has 8 nitrogen and oxygen atoms in total. The molecule has 2 fully saturated rings. The van der Waals surface area contributed by atoms with E-state index in [2.05, 4.69) is 0 Å². The molecule has 0 radical (unpaired) electrons. The molecule has 5 aromatic rings.